The molecule has 2 aliphatic heterocycles. The number of fused-ring (bicyclic) bond motifs is 3. The molecule has 0 aromatic heterocycles. The standard InChI is InChI=1S/C21H19F2N3O4/c1-11(19(27)24-15-6-5-13(22)10-14(15)23)30-21(29)12-4-7-17-16(9-12)25-20(28)18-3-2-8-26(17)18/h4-7,9-11,18H,2-3,8H2,1H3,(H,24,27)(H,25,28)/t11-,18+/m0/s1. The molecule has 156 valence electrons. The van der Waals surface area contributed by atoms with Crippen molar-refractivity contribution in [3.63, 3.8) is 0 Å². The molecule has 1 fully saturated rings. The first-order valence-electron chi connectivity index (χ1n) is 9.52. The molecule has 30 heavy (non-hydrogen) atoms. The highest BCUT2D eigenvalue weighted by Crippen LogP contribution is 2.37. The summed E-state index contributed by atoms with van der Waals surface area (Å²) in [5, 5.41) is 5.06. The van der Waals surface area contributed by atoms with Gasteiger partial charge in [0.05, 0.1) is 22.6 Å². The minimum atomic E-state index is -1.23. The van der Waals surface area contributed by atoms with Gasteiger partial charge in [0.15, 0.2) is 6.10 Å². The van der Waals surface area contributed by atoms with Crippen LogP contribution in [0, 0.1) is 11.6 Å². The second-order valence-electron chi connectivity index (χ2n) is 7.23. The predicted molar refractivity (Wildman–Crippen MR) is 105 cm³/mol. The highest BCUT2D eigenvalue weighted by atomic mass is 19.1. The minimum Gasteiger partial charge on any atom is -0.449 e. The van der Waals surface area contributed by atoms with Crippen LogP contribution in [0.3, 0.4) is 0 Å². The third-order valence-corrected chi connectivity index (χ3v) is 5.20. The average molecular weight is 415 g/mol. The van der Waals surface area contributed by atoms with Gasteiger partial charge >= 0.3 is 5.97 Å². The number of carbonyl (C=O) groups excluding carboxylic acids is 3. The summed E-state index contributed by atoms with van der Waals surface area (Å²) < 4.78 is 31.8. The number of halogens is 2. The zero-order valence-electron chi connectivity index (χ0n) is 16.1. The van der Waals surface area contributed by atoms with E-state index < -0.39 is 29.6 Å². The van der Waals surface area contributed by atoms with E-state index in [1.165, 1.54) is 13.0 Å². The normalized spacial score (nSPS) is 18.2. The third-order valence-electron chi connectivity index (χ3n) is 5.20. The Morgan fingerprint density at radius 1 is 1.23 bits per heavy atom. The van der Waals surface area contributed by atoms with Crippen molar-refractivity contribution in [2.24, 2.45) is 0 Å². The van der Waals surface area contributed by atoms with Crippen molar-refractivity contribution in [2.45, 2.75) is 31.9 Å². The molecule has 2 atom stereocenters. The molecule has 0 bridgehead atoms. The summed E-state index contributed by atoms with van der Waals surface area (Å²) in [6.07, 6.45) is 0.481. The van der Waals surface area contributed by atoms with Gasteiger partial charge < -0.3 is 20.3 Å². The molecule has 0 unspecified atom stereocenters. The van der Waals surface area contributed by atoms with Crippen molar-refractivity contribution in [1.82, 2.24) is 0 Å². The second-order valence-corrected chi connectivity index (χ2v) is 7.23. The molecule has 2 aromatic carbocycles. The molecular weight excluding hydrogens is 396 g/mol. The number of benzene rings is 2. The molecule has 2 aromatic rings. The molecule has 2 aliphatic rings. The van der Waals surface area contributed by atoms with Crippen LogP contribution in [0.5, 0.6) is 0 Å². The van der Waals surface area contributed by atoms with Crippen LogP contribution in [0.15, 0.2) is 36.4 Å². The minimum absolute atomic E-state index is 0.111. The van der Waals surface area contributed by atoms with E-state index in [9.17, 15) is 23.2 Å². The SMILES string of the molecule is C[C@H](OC(=O)c1ccc2c(c1)NC(=O)[C@H]1CCCN21)C(=O)Nc1ccc(F)cc1F. The van der Waals surface area contributed by atoms with Crippen molar-refractivity contribution in [1.29, 1.82) is 0 Å². The van der Waals surface area contributed by atoms with E-state index in [0.717, 1.165) is 37.2 Å². The number of nitrogens with zero attached hydrogens (tertiary/aromatic N) is 1. The lowest BCUT2D eigenvalue weighted by Gasteiger charge is -2.33. The van der Waals surface area contributed by atoms with E-state index in [1.807, 2.05) is 4.90 Å². The first kappa shape index (κ1) is 19.8. The maximum absolute atomic E-state index is 13.7. The monoisotopic (exact) mass is 415 g/mol. The number of rotatable bonds is 4. The molecular formula is C21H19F2N3O4. The zero-order chi connectivity index (χ0) is 21.4. The Balaban J connectivity index is 1.44. The molecule has 0 saturated carbocycles. The summed E-state index contributed by atoms with van der Waals surface area (Å²) in [6, 6.07) is 7.34. The molecule has 9 heteroatoms. The van der Waals surface area contributed by atoms with Crippen LogP contribution in [0.1, 0.15) is 30.1 Å². The number of hydrogen-bond acceptors (Lipinski definition) is 5. The van der Waals surface area contributed by atoms with Crippen molar-refractivity contribution >= 4 is 34.8 Å². The Hall–Kier alpha value is -3.49. The highest BCUT2D eigenvalue weighted by molar-refractivity contribution is 6.05. The van der Waals surface area contributed by atoms with Gasteiger partial charge in [-0.05, 0) is 50.1 Å². The predicted octanol–water partition coefficient (Wildman–Crippen LogP) is 3.07. The fourth-order valence-corrected chi connectivity index (χ4v) is 3.66. The van der Waals surface area contributed by atoms with Crippen LogP contribution in [-0.2, 0) is 14.3 Å². The van der Waals surface area contributed by atoms with E-state index >= 15 is 0 Å². The summed E-state index contributed by atoms with van der Waals surface area (Å²) in [5.41, 5.74) is 1.30. The van der Waals surface area contributed by atoms with E-state index in [4.69, 9.17) is 4.74 Å². The fourth-order valence-electron chi connectivity index (χ4n) is 3.66. The maximum Gasteiger partial charge on any atom is 0.338 e. The van der Waals surface area contributed by atoms with Gasteiger partial charge in [0, 0.05) is 12.6 Å². The summed E-state index contributed by atoms with van der Waals surface area (Å²) in [6.45, 7) is 2.11. The van der Waals surface area contributed by atoms with Gasteiger partial charge in [-0.1, -0.05) is 0 Å². The van der Waals surface area contributed by atoms with Crippen molar-refractivity contribution in [3.8, 4) is 0 Å². The topological polar surface area (TPSA) is 87.7 Å². The molecule has 4 rings (SSSR count). The van der Waals surface area contributed by atoms with Gasteiger partial charge in [-0.2, -0.15) is 0 Å². The Labute approximate surface area is 171 Å². The van der Waals surface area contributed by atoms with Crippen molar-refractivity contribution < 1.29 is 27.9 Å². The number of anilines is 3. The van der Waals surface area contributed by atoms with Crippen LogP contribution in [0.25, 0.3) is 0 Å². The van der Waals surface area contributed by atoms with Crippen LogP contribution >= 0.6 is 0 Å². The van der Waals surface area contributed by atoms with Crippen molar-refractivity contribution in [2.75, 3.05) is 22.1 Å². The van der Waals surface area contributed by atoms with Gasteiger partial charge in [0.25, 0.3) is 5.91 Å². The Morgan fingerprint density at radius 2 is 2.03 bits per heavy atom. The second kappa shape index (κ2) is 7.74. The van der Waals surface area contributed by atoms with Crippen LogP contribution < -0.4 is 15.5 Å². The number of hydrogen-bond donors (Lipinski definition) is 2. The molecule has 2 N–H and O–H groups in total. The third kappa shape index (κ3) is 3.70. The number of esters is 1. The summed E-state index contributed by atoms with van der Waals surface area (Å²) in [5.74, 6) is -3.35. The number of ether oxygens (including phenoxy) is 1. The molecule has 0 aliphatic carbocycles. The zero-order valence-corrected chi connectivity index (χ0v) is 16.1. The number of nitrogens with one attached hydrogen (secondary N) is 2. The molecule has 1 saturated heterocycles. The Morgan fingerprint density at radius 3 is 2.80 bits per heavy atom. The van der Waals surface area contributed by atoms with Gasteiger partial charge in [-0.3, -0.25) is 9.59 Å². The van der Waals surface area contributed by atoms with E-state index in [0.29, 0.717) is 11.8 Å². The highest BCUT2D eigenvalue weighted by Gasteiger charge is 2.36. The van der Waals surface area contributed by atoms with E-state index in [1.54, 1.807) is 12.1 Å². The van der Waals surface area contributed by atoms with E-state index in [-0.39, 0.29) is 23.2 Å². The largest absolute Gasteiger partial charge is 0.449 e. The first-order chi connectivity index (χ1) is 14.3. The van der Waals surface area contributed by atoms with Crippen LogP contribution in [0.4, 0.5) is 25.8 Å². The van der Waals surface area contributed by atoms with Gasteiger partial charge in [-0.15, -0.1) is 0 Å². The lowest BCUT2D eigenvalue weighted by Crippen LogP contribution is -2.43. The molecule has 2 heterocycles. The number of amides is 2. The quantitative estimate of drug-likeness (QED) is 0.750. The molecule has 2 amide bonds. The lowest BCUT2D eigenvalue weighted by molar-refractivity contribution is -0.123. The first-order valence-corrected chi connectivity index (χ1v) is 9.52. The van der Waals surface area contributed by atoms with Gasteiger partial charge in [0.1, 0.15) is 17.7 Å². The average Bonchev–Trinajstić information content (AvgIpc) is 3.20. The molecule has 7 nitrogen and oxygen atoms in total. The van der Waals surface area contributed by atoms with E-state index in [2.05, 4.69) is 10.6 Å². The fraction of sp³-hybridized carbons (Fsp3) is 0.286. The van der Waals surface area contributed by atoms with Gasteiger partial charge in [-0.25, -0.2) is 13.6 Å². The summed E-state index contributed by atoms with van der Waals surface area (Å²) in [7, 11) is 0. The Bertz CT molecular complexity index is 1040. The number of carbonyl (C=O) groups is 3. The van der Waals surface area contributed by atoms with Gasteiger partial charge in [0.2, 0.25) is 5.91 Å². The van der Waals surface area contributed by atoms with Crippen LogP contribution in [-0.4, -0.2) is 36.5 Å². The summed E-state index contributed by atoms with van der Waals surface area (Å²) >= 11 is 0. The van der Waals surface area contributed by atoms with Crippen LogP contribution in [0.2, 0.25) is 0 Å². The molecule has 0 radical (unpaired) electrons. The maximum atomic E-state index is 13.7. The Kier molecular flexibility index (Phi) is 5.11. The lowest BCUT2D eigenvalue weighted by atomic mass is 10.1. The van der Waals surface area contributed by atoms with Crippen molar-refractivity contribution in [3.05, 3.63) is 53.6 Å². The smallest absolute Gasteiger partial charge is 0.338 e. The summed E-state index contributed by atoms with van der Waals surface area (Å²) in [4.78, 5) is 38.9. The molecule has 0 spiro atoms.